The number of hydrogen-bond acceptors (Lipinski definition) is 4. The normalized spacial score (nSPS) is 16.3. The van der Waals surface area contributed by atoms with Gasteiger partial charge in [0.05, 0.1) is 18.3 Å². The van der Waals surface area contributed by atoms with Crippen molar-refractivity contribution in [1.29, 1.82) is 0 Å². The monoisotopic (exact) mass is 289 g/mol. The average Bonchev–Trinajstić information content (AvgIpc) is 3.16. The molecule has 114 valence electrons. The van der Waals surface area contributed by atoms with Crippen LogP contribution in [-0.2, 0) is 0 Å². The van der Waals surface area contributed by atoms with Gasteiger partial charge >= 0.3 is 0 Å². The van der Waals surface area contributed by atoms with Crippen LogP contribution in [0.2, 0.25) is 0 Å². The zero-order chi connectivity index (χ0) is 14.7. The summed E-state index contributed by atoms with van der Waals surface area (Å²) in [6, 6.07) is 7.11. The Labute approximate surface area is 125 Å². The van der Waals surface area contributed by atoms with Crippen LogP contribution in [0.5, 0.6) is 5.75 Å². The number of unbranched alkanes of at least 4 members (excludes halogenated alkanes) is 1. The van der Waals surface area contributed by atoms with Gasteiger partial charge in [0.15, 0.2) is 0 Å². The fraction of sp³-hybridized carbons (Fsp3) is 0.529. The number of benzene rings is 1. The third-order valence-corrected chi connectivity index (χ3v) is 3.93. The summed E-state index contributed by atoms with van der Waals surface area (Å²) in [6.07, 6.45) is 5.88. The topological polar surface area (TPSA) is 54.6 Å². The van der Waals surface area contributed by atoms with Gasteiger partial charge in [-0.2, -0.15) is 0 Å². The first-order valence-electron chi connectivity index (χ1n) is 7.79. The Balaban J connectivity index is 1.77. The summed E-state index contributed by atoms with van der Waals surface area (Å²) in [5.74, 6) is 0.874. The van der Waals surface area contributed by atoms with Crippen LogP contribution in [0.1, 0.15) is 44.2 Å². The zero-order valence-corrected chi connectivity index (χ0v) is 12.5. The first kappa shape index (κ1) is 14.4. The van der Waals surface area contributed by atoms with Gasteiger partial charge < -0.3 is 19.6 Å². The average molecular weight is 289 g/mol. The van der Waals surface area contributed by atoms with Crippen LogP contribution >= 0.6 is 0 Å². The summed E-state index contributed by atoms with van der Waals surface area (Å²) in [5.41, 5.74) is 2.07. The van der Waals surface area contributed by atoms with E-state index in [0.29, 0.717) is 18.7 Å². The molecule has 1 heterocycles. The first-order chi connectivity index (χ1) is 10.3. The summed E-state index contributed by atoms with van der Waals surface area (Å²) >= 11 is 0. The molecule has 1 atom stereocenters. The number of furan rings is 1. The summed E-state index contributed by atoms with van der Waals surface area (Å²) < 4.78 is 11.4. The van der Waals surface area contributed by atoms with Gasteiger partial charge in [-0.15, -0.1) is 0 Å². The third kappa shape index (κ3) is 3.57. The molecule has 4 nitrogen and oxygen atoms in total. The minimum Gasteiger partial charge on any atom is -0.493 e. The molecule has 0 bridgehead atoms. The fourth-order valence-electron chi connectivity index (χ4n) is 2.52. The van der Waals surface area contributed by atoms with Gasteiger partial charge in [-0.25, -0.2) is 0 Å². The summed E-state index contributed by atoms with van der Waals surface area (Å²) in [5, 5.41) is 13.4. The maximum atomic E-state index is 8.83. The third-order valence-electron chi connectivity index (χ3n) is 3.93. The Hall–Kier alpha value is -1.52. The van der Waals surface area contributed by atoms with E-state index in [4.69, 9.17) is 14.3 Å². The highest BCUT2D eigenvalue weighted by Crippen LogP contribution is 2.32. The summed E-state index contributed by atoms with van der Waals surface area (Å²) in [4.78, 5) is 0. The van der Waals surface area contributed by atoms with Crippen molar-refractivity contribution in [1.82, 2.24) is 5.32 Å². The molecule has 1 fully saturated rings. The summed E-state index contributed by atoms with van der Waals surface area (Å²) in [6.45, 7) is 3.01. The van der Waals surface area contributed by atoms with Crippen molar-refractivity contribution in [2.75, 3.05) is 13.2 Å². The van der Waals surface area contributed by atoms with E-state index in [2.05, 4.69) is 24.4 Å². The molecule has 1 aliphatic carbocycles. The van der Waals surface area contributed by atoms with E-state index in [1.54, 1.807) is 6.26 Å². The van der Waals surface area contributed by atoms with Crippen molar-refractivity contribution < 1.29 is 14.3 Å². The molecule has 1 aromatic carbocycles. The number of hydrogen-bond donors (Lipinski definition) is 2. The lowest BCUT2D eigenvalue weighted by atomic mass is 10.1. The summed E-state index contributed by atoms with van der Waals surface area (Å²) in [7, 11) is 0. The molecular formula is C17H23NO3. The molecule has 0 spiro atoms. The van der Waals surface area contributed by atoms with Gasteiger partial charge in [0.2, 0.25) is 0 Å². The molecule has 1 saturated carbocycles. The number of aliphatic hydroxyl groups excluding tert-OH is 1. The van der Waals surface area contributed by atoms with Crippen LogP contribution in [0.4, 0.5) is 0 Å². The van der Waals surface area contributed by atoms with Crippen LogP contribution in [0.25, 0.3) is 11.0 Å². The minimum atomic E-state index is 0.215. The largest absolute Gasteiger partial charge is 0.493 e. The van der Waals surface area contributed by atoms with E-state index in [1.807, 2.05) is 6.07 Å². The van der Waals surface area contributed by atoms with Crippen molar-refractivity contribution in [3.05, 3.63) is 30.0 Å². The van der Waals surface area contributed by atoms with Gasteiger partial charge in [-0.05, 0) is 56.4 Å². The van der Waals surface area contributed by atoms with E-state index >= 15 is 0 Å². The minimum absolute atomic E-state index is 0.215. The van der Waals surface area contributed by atoms with Gasteiger partial charge in [0, 0.05) is 18.7 Å². The van der Waals surface area contributed by atoms with Crippen molar-refractivity contribution in [2.24, 2.45) is 0 Å². The second kappa shape index (κ2) is 6.50. The lowest BCUT2D eigenvalue weighted by Gasteiger charge is -2.16. The molecule has 0 saturated heterocycles. The quantitative estimate of drug-likeness (QED) is 0.731. The van der Waals surface area contributed by atoms with Gasteiger partial charge in [-0.3, -0.25) is 0 Å². The molecule has 0 aliphatic heterocycles. The first-order valence-corrected chi connectivity index (χ1v) is 7.79. The Morgan fingerprint density at radius 1 is 1.38 bits per heavy atom. The van der Waals surface area contributed by atoms with Crippen LogP contribution in [-0.4, -0.2) is 24.4 Å². The van der Waals surface area contributed by atoms with Crippen molar-refractivity contribution in [3.63, 3.8) is 0 Å². The Kier molecular flexibility index (Phi) is 4.46. The van der Waals surface area contributed by atoms with Crippen LogP contribution in [0, 0.1) is 0 Å². The van der Waals surface area contributed by atoms with Crippen molar-refractivity contribution in [3.8, 4) is 5.75 Å². The fourth-order valence-corrected chi connectivity index (χ4v) is 2.52. The highest BCUT2D eigenvalue weighted by atomic mass is 16.5. The standard InChI is InChI=1S/C17H23NO3/c1-12(18-14-4-5-14)13-10-16(20-8-3-2-7-19)15-6-9-21-17(15)11-13/h6,9-12,14,18-19H,2-5,7-8H2,1H3. The number of fused-ring (bicyclic) bond motifs is 1. The van der Waals surface area contributed by atoms with E-state index in [9.17, 15) is 0 Å². The Morgan fingerprint density at radius 3 is 3.00 bits per heavy atom. The molecule has 2 aromatic rings. The van der Waals surface area contributed by atoms with E-state index in [-0.39, 0.29) is 6.61 Å². The lowest BCUT2D eigenvalue weighted by Crippen LogP contribution is -2.20. The predicted molar refractivity (Wildman–Crippen MR) is 82.6 cm³/mol. The van der Waals surface area contributed by atoms with E-state index in [1.165, 1.54) is 18.4 Å². The molecule has 3 rings (SSSR count). The Bertz CT molecular complexity index is 589. The maximum absolute atomic E-state index is 8.83. The maximum Gasteiger partial charge on any atom is 0.137 e. The molecule has 21 heavy (non-hydrogen) atoms. The zero-order valence-electron chi connectivity index (χ0n) is 12.5. The van der Waals surface area contributed by atoms with Gasteiger partial charge in [0.1, 0.15) is 11.3 Å². The SMILES string of the molecule is CC(NC1CC1)c1cc(OCCCCO)c2ccoc2c1. The van der Waals surface area contributed by atoms with Crippen molar-refractivity contribution >= 4 is 11.0 Å². The van der Waals surface area contributed by atoms with Crippen LogP contribution < -0.4 is 10.1 Å². The number of ether oxygens (including phenoxy) is 1. The van der Waals surface area contributed by atoms with Gasteiger partial charge in [0.25, 0.3) is 0 Å². The molecule has 1 aromatic heterocycles. The number of aliphatic hydroxyl groups is 1. The molecule has 4 heteroatoms. The lowest BCUT2D eigenvalue weighted by molar-refractivity contribution is 0.254. The molecule has 2 N–H and O–H groups in total. The number of rotatable bonds is 8. The smallest absolute Gasteiger partial charge is 0.137 e. The molecular weight excluding hydrogens is 266 g/mol. The highest BCUT2D eigenvalue weighted by Gasteiger charge is 2.24. The Morgan fingerprint density at radius 2 is 2.24 bits per heavy atom. The van der Waals surface area contributed by atoms with E-state index < -0.39 is 0 Å². The predicted octanol–water partition coefficient (Wildman–Crippen LogP) is 3.40. The second-order valence-electron chi connectivity index (χ2n) is 5.79. The number of nitrogens with one attached hydrogen (secondary N) is 1. The highest BCUT2D eigenvalue weighted by molar-refractivity contribution is 5.84. The van der Waals surface area contributed by atoms with E-state index in [0.717, 1.165) is 29.6 Å². The van der Waals surface area contributed by atoms with Crippen molar-refractivity contribution in [2.45, 2.75) is 44.7 Å². The van der Waals surface area contributed by atoms with Gasteiger partial charge in [-0.1, -0.05) is 0 Å². The molecule has 0 radical (unpaired) electrons. The van der Waals surface area contributed by atoms with Crippen LogP contribution in [0.3, 0.4) is 0 Å². The molecule has 1 aliphatic rings. The molecule has 0 amide bonds. The second-order valence-corrected chi connectivity index (χ2v) is 5.79. The van der Waals surface area contributed by atoms with Crippen LogP contribution in [0.15, 0.2) is 28.9 Å². The molecule has 1 unspecified atom stereocenters.